The monoisotopic (exact) mass is 313 g/mol. The summed E-state index contributed by atoms with van der Waals surface area (Å²) in [7, 11) is -3.74. The van der Waals surface area contributed by atoms with Crippen LogP contribution in [0.3, 0.4) is 0 Å². The zero-order valence-electron chi connectivity index (χ0n) is 9.87. The van der Waals surface area contributed by atoms with Gasteiger partial charge in [-0.25, -0.2) is 0 Å². The quantitative estimate of drug-likeness (QED) is 0.776. The van der Waals surface area contributed by atoms with E-state index in [2.05, 4.69) is 0 Å². The van der Waals surface area contributed by atoms with Gasteiger partial charge in [-0.3, -0.25) is 4.79 Å². The topological polar surface area (TPSA) is 107 Å². The molecule has 9 heteroatoms. The van der Waals surface area contributed by atoms with Gasteiger partial charge >= 0.3 is 16.2 Å². The molecule has 1 unspecified atom stereocenters. The lowest BCUT2D eigenvalue weighted by molar-refractivity contribution is -0.138. The molecule has 0 fully saturated rings. The van der Waals surface area contributed by atoms with E-state index in [0.717, 1.165) is 6.07 Å². The molecule has 19 heavy (non-hydrogen) atoms. The highest BCUT2D eigenvalue weighted by Gasteiger charge is 2.20. The highest BCUT2D eigenvalue weighted by Crippen LogP contribution is 2.26. The Balaban J connectivity index is 0.00000324. The van der Waals surface area contributed by atoms with Crippen molar-refractivity contribution in [3.05, 3.63) is 23.8 Å². The SMILES string of the molecule is COc1ccc(CC(N)C(=O)O)cc1S(=O)(=O)F.Cl. The van der Waals surface area contributed by atoms with E-state index in [9.17, 15) is 17.1 Å². The molecule has 0 radical (unpaired) electrons. The van der Waals surface area contributed by atoms with E-state index in [1.165, 1.54) is 19.2 Å². The van der Waals surface area contributed by atoms with Crippen LogP contribution in [0.4, 0.5) is 3.89 Å². The molecule has 0 aromatic heterocycles. The Labute approximate surface area is 116 Å². The number of hydrogen-bond donors (Lipinski definition) is 2. The first kappa shape index (κ1) is 17.6. The second kappa shape index (κ2) is 6.69. The first-order chi connectivity index (χ1) is 8.25. The van der Waals surface area contributed by atoms with Gasteiger partial charge in [-0.05, 0) is 24.1 Å². The molecular formula is C10H13ClFNO5S. The summed E-state index contributed by atoms with van der Waals surface area (Å²) in [5, 5.41) is 8.63. The molecule has 0 heterocycles. The highest BCUT2D eigenvalue weighted by molar-refractivity contribution is 7.86. The van der Waals surface area contributed by atoms with E-state index in [-0.39, 0.29) is 24.6 Å². The van der Waals surface area contributed by atoms with Crippen LogP contribution < -0.4 is 10.5 Å². The molecule has 1 rings (SSSR count). The van der Waals surface area contributed by atoms with Crippen molar-refractivity contribution in [2.45, 2.75) is 17.4 Å². The van der Waals surface area contributed by atoms with E-state index in [0.29, 0.717) is 5.56 Å². The third-order valence-corrected chi connectivity index (χ3v) is 3.11. The van der Waals surface area contributed by atoms with Crippen LogP contribution in [0.1, 0.15) is 5.56 Å². The Morgan fingerprint density at radius 3 is 2.53 bits per heavy atom. The van der Waals surface area contributed by atoms with Crippen LogP contribution in [-0.2, 0) is 21.4 Å². The smallest absolute Gasteiger partial charge is 0.335 e. The predicted octanol–water partition coefficient (Wildman–Crippen LogP) is 0.730. The van der Waals surface area contributed by atoms with Gasteiger partial charge in [0, 0.05) is 0 Å². The zero-order chi connectivity index (χ0) is 13.9. The Kier molecular flexibility index (Phi) is 6.20. The summed E-state index contributed by atoms with van der Waals surface area (Å²) < 4.78 is 39.5. The lowest BCUT2D eigenvalue weighted by Gasteiger charge is -2.09. The van der Waals surface area contributed by atoms with Gasteiger partial charge in [0.05, 0.1) is 7.11 Å². The molecule has 1 aromatic rings. The maximum atomic E-state index is 13.0. The number of ether oxygens (including phenoxy) is 1. The first-order valence-electron chi connectivity index (χ1n) is 4.85. The lowest BCUT2D eigenvalue weighted by Crippen LogP contribution is -2.32. The summed E-state index contributed by atoms with van der Waals surface area (Å²) in [5.41, 5.74) is 5.60. The Morgan fingerprint density at radius 1 is 1.53 bits per heavy atom. The predicted molar refractivity (Wildman–Crippen MR) is 67.9 cm³/mol. The van der Waals surface area contributed by atoms with E-state index in [1.807, 2.05) is 0 Å². The maximum Gasteiger partial charge on any atom is 0.335 e. The number of rotatable bonds is 5. The number of hydrogen-bond acceptors (Lipinski definition) is 5. The molecule has 1 atom stereocenters. The third-order valence-electron chi connectivity index (χ3n) is 2.26. The molecule has 6 nitrogen and oxygen atoms in total. The summed E-state index contributed by atoms with van der Waals surface area (Å²) >= 11 is 0. The van der Waals surface area contributed by atoms with E-state index in [4.69, 9.17) is 15.6 Å². The Hall–Kier alpha value is -1.38. The van der Waals surface area contributed by atoms with E-state index < -0.39 is 27.1 Å². The maximum absolute atomic E-state index is 13.0. The van der Waals surface area contributed by atoms with E-state index in [1.54, 1.807) is 0 Å². The number of methoxy groups -OCH3 is 1. The van der Waals surface area contributed by atoms with Crippen molar-refractivity contribution in [1.29, 1.82) is 0 Å². The van der Waals surface area contributed by atoms with Gasteiger partial charge in [0.1, 0.15) is 16.7 Å². The number of carboxylic acids is 1. The van der Waals surface area contributed by atoms with Crippen molar-refractivity contribution in [2.24, 2.45) is 5.73 Å². The van der Waals surface area contributed by atoms with Crippen molar-refractivity contribution in [1.82, 2.24) is 0 Å². The molecule has 0 saturated heterocycles. The minimum atomic E-state index is -4.94. The molecule has 0 aliphatic heterocycles. The summed E-state index contributed by atoms with van der Waals surface area (Å²) in [5.74, 6) is -1.37. The number of nitrogens with two attached hydrogens (primary N) is 1. The lowest BCUT2D eigenvalue weighted by atomic mass is 10.1. The second-order valence-corrected chi connectivity index (χ2v) is 4.89. The van der Waals surface area contributed by atoms with Crippen molar-refractivity contribution in [2.75, 3.05) is 7.11 Å². The van der Waals surface area contributed by atoms with Gasteiger partial charge in [0.25, 0.3) is 0 Å². The van der Waals surface area contributed by atoms with Crippen molar-refractivity contribution < 1.29 is 26.9 Å². The van der Waals surface area contributed by atoms with Crippen LogP contribution in [0.5, 0.6) is 5.75 Å². The molecule has 0 amide bonds. The molecule has 0 spiro atoms. The van der Waals surface area contributed by atoms with Crippen LogP contribution in [0.2, 0.25) is 0 Å². The van der Waals surface area contributed by atoms with Gasteiger partial charge in [0.2, 0.25) is 0 Å². The zero-order valence-corrected chi connectivity index (χ0v) is 11.5. The summed E-state index contributed by atoms with van der Waals surface area (Å²) in [6, 6.07) is 2.50. The van der Waals surface area contributed by atoms with Crippen LogP contribution in [0, 0.1) is 0 Å². The second-order valence-electron chi connectivity index (χ2n) is 3.57. The highest BCUT2D eigenvalue weighted by atomic mass is 35.5. The molecule has 0 bridgehead atoms. The largest absolute Gasteiger partial charge is 0.495 e. The van der Waals surface area contributed by atoms with Crippen molar-refractivity contribution in [3.8, 4) is 5.75 Å². The number of benzene rings is 1. The molecule has 108 valence electrons. The average molecular weight is 314 g/mol. The fourth-order valence-electron chi connectivity index (χ4n) is 1.38. The Bertz CT molecular complexity index is 563. The average Bonchev–Trinajstić information content (AvgIpc) is 2.27. The normalized spacial score (nSPS) is 12.4. The molecule has 1 aromatic carbocycles. The number of halogens is 2. The first-order valence-corrected chi connectivity index (χ1v) is 6.24. The van der Waals surface area contributed by atoms with Crippen LogP contribution >= 0.6 is 12.4 Å². The number of aliphatic carboxylic acids is 1. The number of carbonyl (C=O) groups is 1. The summed E-state index contributed by atoms with van der Waals surface area (Å²) in [6.07, 6.45) is -0.109. The van der Waals surface area contributed by atoms with Gasteiger partial charge in [-0.1, -0.05) is 6.07 Å². The molecule has 3 N–H and O–H groups in total. The van der Waals surface area contributed by atoms with Gasteiger partial charge in [0.15, 0.2) is 0 Å². The minimum Gasteiger partial charge on any atom is -0.495 e. The van der Waals surface area contributed by atoms with Crippen LogP contribution in [-0.4, -0.2) is 32.6 Å². The molecular weight excluding hydrogens is 301 g/mol. The summed E-state index contributed by atoms with van der Waals surface area (Å²) in [4.78, 5) is 9.93. The van der Waals surface area contributed by atoms with Crippen LogP contribution in [0.25, 0.3) is 0 Å². The van der Waals surface area contributed by atoms with Gasteiger partial charge in [-0.2, -0.15) is 8.42 Å². The Morgan fingerprint density at radius 2 is 2.11 bits per heavy atom. The molecule has 0 aliphatic carbocycles. The van der Waals surface area contributed by atoms with Crippen LogP contribution in [0.15, 0.2) is 23.1 Å². The fourth-order valence-corrected chi connectivity index (χ4v) is 2.06. The molecule has 0 aliphatic rings. The van der Waals surface area contributed by atoms with Crippen molar-refractivity contribution in [3.63, 3.8) is 0 Å². The standard InChI is InChI=1S/C10H12FNO5S.ClH/c1-17-8-3-2-6(4-7(12)10(13)14)5-9(8)18(11,15)16;/h2-3,5,7H,4,12H2,1H3,(H,13,14);1H. The third kappa shape index (κ3) is 4.66. The number of carboxylic acid groups (broad SMARTS) is 1. The minimum absolute atomic E-state index is 0. The van der Waals surface area contributed by atoms with Crippen molar-refractivity contribution >= 4 is 28.6 Å². The van der Waals surface area contributed by atoms with Gasteiger partial charge in [-0.15, -0.1) is 16.3 Å². The summed E-state index contributed by atoms with van der Waals surface area (Å²) in [6.45, 7) is 0. The van der Waals surface area contributed by atoms with Gasteiger partial charge < -0.3 is 15.6 Å². The fraction of sp³-hybridized carbons (Fsp3) is 0.300. The molecule has 0 saturated carbocycles. The van der Waals surface area contributed by atoms with E-state index >= 15 is 0 Å².